The molecule has 0 saturated heterocycles. The van der Waals surface area contributed by atoms with Crippen LogP contribution in [-0.4, -0.2) is 36.6 Å². The number of thioether (sulfide) groups is 1. The lowest BCUT2D eigenvalue weighted by molar-refractivity contribution is 0.241. The van der Waals surface area contributed by atoms with Gasteiger partial charge in [0, 0.05) is 19.8 Å². The maximum Gasteiger partial charge on any atom is 0.281 e. The Balaban J connectivity index is 2.00. The lowest BCUT2D eigenvalue weighted by atomic mass is 10.3. The summed E-state index contributed by atoms with van der Waals surface area (Å²) in [5.41, 5.74) is 0. The van der Waals surface area contributed by atoms with Crippen molar-refractivity contribution >= 4 is 17.0 Å². The van der Waals surface area contributed by atoms with Crippen molar-refractivity contribution in [1.82, 2.24) is 4.90 Å². The van der Waals surface area contributed by atoms with Crippen molar-refractivity contribution < 1.29 is 9.53 Å². The van der Waals surface area contributed by atoms with E-state index in [1.54, 1.807) is 19.0 Å². The van der Waals surface area contributed by atoms with Gasteiger partial charge < -0.3 is 9.64 Å². The molecule has 0 radical (unpaired) electrons. The third-order valence-corrected chi connectivity index (χ3v) is 3.25. The molecule has 0 heterocycles. The highest BCUT2D eigenvalue weighted by atomic mass is 32.2. The Labute approximate surface area is 107 Å². The molecular formula is C13H19NO2S. The van der Waals surface area contributed by atoms with E-state index in [0.29, 0.717) is 6.61 Å². The SMILES string of the molecule is CN(C)C(=O)SCCCCOc1ccccc1. The molecule has 1 aromatic carbocycles. The standard InChI is InChI=1S/C13H19NO2S/c1-14(2)13(15)17-11-7-6-10-16-12-8-4-3-5-9-12/h3-5,8-9H,6-7,10-11H2,1-2H3. The summed E-state index contributed by atoms with van der Waals surface area (Å²) in [4.78, 5) is 12.9. The quantitative estimate of drug-likeness (QED) is 0.729. The normalized spacial score (nSPS) is 10.0. The summed E-state index contributed by atoms with van der Waals surface area (Å²) in [7, 11) is 3.54. The first kappa shape index (κ1) is 13.9. The molecule has 94 valence electrons. The van der Waals surface area contributed by atoms with Gasteiger partial charge in [0.2, 0.25) is 0 Å². The van der Waals surface area contributed by atoms with E-state index in [2.05, 4.69) is 0 Å². The highest BCUT2D eigenvalue weighted by Crippen LogP contribution is 2.11. The van der Waals surface area contributed by atoms with Gasteiger partial charge in [0.25, 0.3) is 5.24 Å². The molecule has 1 amide bonds. The number of carbonyl (C=O) groups excluding carboxylic acids is 1. The van der Waals surface area contributed by atoms with Crippen LogP contribution in [0.15, 0.2) is 30.3 Å². The van der Waals surface area contributed by atoms with E-state index >= 15 is 0 Å². The first-order valence-electron chi connectivity index (χ1n) is 5.72. The number of hydrogen-bond acceptors (Lipinski definition) is 3. The summed E-state index contributed by atoms with van der Waals surface area (Å²) in [6.07, 6.45) is 1.97. The van der Waals surface area contributed by atoms with Gasteiger partial charge in [-0.1, -0.05) is 30.0 Å². The fourth-order valence-corrected chi connectivity index (χ4v) is 1.98. The van der Waals surface area contributed by atoms with E-state index in [1.165, 1.54) is 11.8 Å². The molecule has 0 aliphatic carbocycles. The highest BCUT2D eigenvalue weighted by Gasteiger charge is 2.03. The molecule has 1 aromatic rings. The van der Waals surface area contributed by atoms with E-state index in [0.717, 1.165) is 24.3 Å². The molecule has 0 N–H and O–H groups in total. The minimum absolute atomic E-state index is 0.119. The Hall–Kier alpha value is -1.16. The zero-order valence-electron chi connectivity index (χ0n) is 10.4. The number of benzene rings is 1. The molecule has 0 bridgehead atoms. The third-order valence-electron chi connectivity index (χ3n) is 2.14. The number of unbranched alkanes of at least 4 members (excludes halogenated alkanes) is 1. The molecule has 0 aliphatic heterocycles. The summed E-state index contributed by atoms with van der Waals surface area (Å²) in [5.74, 6) is 1.76. The van der Waals surface area contributed by atoms with Crippen molar-refractivity contribution in [1.29, 1.82) is 0 Å². The third kappa shape index (κ3) is 6.22. The van der Waals surface area contributed by atoms with E-state index in [4.69, 9.17) is 4.74 Å². The predicted octanol–water partition coefficient (Wildman–Crippen LogP) is 3.26. The minimum atomic E-state index is 0.119. The molecule has 0 fully saturated rings. The second kappa shape index (κ2) is 8.01. The largest absolute Gasteiger partial charge is 0.494 e. The number of hydrogen-bond donors (Lipinski definition) is 0. The van der Waals surface area contributed by atoms with Gasteiger partial charge in [0.1, 0.15) is 5.75 Å². The van der Waals surface area contributed by atoms with Crippen molar-refractivity contribution in [3.63, 3.8) is 0 Å². The van der Waals surface area contributed by atoms with Gasteiger partial charge in [-0.3, -0.25) is 4.79 Å². The average Bonchev–Trinajstić information content (AvgIpc) is 2.34. The van der Waals surface area contributed by atoms with Gasteiger partial charge in [0.05, 0.1) is 6.61 Å². The summed E-state index contributed by atoms with van der Waals surface area (Å²) >= 11 is 1.36. The van der Waals surface area contributed by atoms with Gasteiger partial charge in [-0.25, -0.2) is 0 Å². The number of rotatable bonds is 6. The van der Waals surface area contributed by atoms with Gasteiger partial charge in [-0.2, -0.15) is 0 Å². The van der Waals surface area contributed by atoms with Crippen LogP contribution in [-0.2, 0) is 0 Å². The minimum Gasteiger partial charge on any atom is -0.494 e. The molecule has 17 heavy (non-hydrogen) atoms. The van der Waals surface area contributed by atoms with Gasteiger partial charge in [-0.15, -0.1) is 0 Å². The topological polar surface area (TPSA) is 29.5 Å². The van der Waals surface area contributed by atoms with Crippen molar-refractivity contribution in [2.24, 2.45) is 0 Å². The zero-order valence-corrected chi connectivity index (χ0v) is 11.2. The highest BCUT2D eigenvalue weighted by molar-refractivity contribution is 8.13. The Morgan fingerprint density at radius 1 is 1.24 bits per heavy atom. The Bertz CT molecular complexity index is 327. The van der Waals surface area contributed by atoms with E-state index in [-0.39, 0.29) is 5.24 Å². The molecule has 1 rings (SSSR count). The fourth-order valence-electron chi connectivity index (χ4n) is 1.20. The second-order valence-electron chi connectivity index (χ2n) is 3.88. The molecule has 3 nitrogen and oxygen atoms in total. The first-order valence-corrected chi connectivity index (χ1v) is 6.70. The van der Waals surface area contributed by atoms with Crippen LogP contribution in [0.2, 0.25) is 0 Å². The zero-order chi connectivity index (χ0) is 12.5. The number of nitrogens with zero attached hydrogens (tertiary/aromatic N) is 1. The number of ether oxygens (including phenoxy) is 1. The smallest absolute Gasteiger partial charge is 0.281 e. The summed E-state index contributed by atoms with van der Waals surface area (Å²) in [6.45, 7) is 0.709. The van der Waals surface area contributed by atoms with E-state index in [9.17, 15) is 4.79 Å². The van der Waals surface area contributed by atoms with Crippen LogP contribution in [0.25, 0.3) is 0 Å². The monoisotopic (exact) mass is 253 g/mol. The van der Waals surface area contributed by atoms with E-state index < -0.39 is 0 Å². The molecule has 0 unspecified atom stereocenters. The van der Waals surface area contributed by atoms with Crippen LogP contribution < -0.4 is 4.74 Å². The lowest BCUT2D eigenvalue weighted by Gasteiger charge is -2.09. The number of carbonyl (C=O) groups is 1. The first-order chi connectivity index (χ1) is 8.20. The van der Waals surface area contributed by atoms with E-state index in [1.807, 2.05) is 30.3 Å². The van der Waals surface area contributed by atoms with Crippen molar-refractivity contribution in [2.45, 2.75) is 12.8 Å². The van der Waals surface area contributed by atoms with Crippen LogP contribution >= 0.6 is 11.8 Å². The molecular weight excluding hydrogens is 234 g/mol. The van der Waals surface area contributed by atoms with Crippen LogP contribution in [0.5, 0.6) is 5.75 Å². The lowest BCUT2D eigenvalue weighted by Crippen LogP contribution is -2.16. The molecule has 0 aliphatic rings. The van der Waals surface area contributed by atoms with Crippen molar-refractivity contribution in [2.75, 3.05) is 26.5 Å². The van der Waals surface area contributed by atoms with Gasteiger partial charge in [0.15, 0.2) is 0 Å². The van der Waals surface area contributed by atoms with Crippen LogP contribution in [0.1, 0.15) is 12.8 Å². The van der Waals surface area contributed by atoms with Crippen LogP contribution in [0, 0.1) is 0 Å². The van der Waals surface area contributed by atoms with Gasteiger partial charge >= 0.3 is 0 Å². The van der Waals surface area contributed by atoms with Crippen molar-refractivity contribution in [3.05, 3.63) is 30.3 Å². The average molecular weight is 253 g/mol. The molecule has 0 spiro atoms. The number of para-hydroxylation sites is 1. The summed E-state index contributed by atoms with van der Waals surface area (Å²) in [5, 5.41) is 0.119. The molecule has 0 atom stereocenters. The maximum atomic E-state index is 11.3. The Morgan fingerprint density at radius 2 is 1.94 bits per heavy atom. The predicted molar refractivity (Wildman–Crippen MR) is 72.7 cm³/mol. The summed E-state index contributed by atoms with van der Waals surface area (Å²) in [6, 6.07) is 9.78. The molecule has 0 aromatic heterocycles. The maximum absolute atomic E-state index is 11.3. The molecule has 0 saturated carbocycles. The summed E-state index contributed by atoms with van der Waals surface area (Å²) < 4.78 is 5.56. The fraction of sp³-hybridized carbons (Fsp3) is 0.462. The van der Waals surface area contributed by atoms with Crippen LogP contribution in [0.3, 0.4) is 0 Å². The van der Waals surface area contributed by atoms with Crippen LogP contribution in [0.4, 0.5) is 4.79 Å². The number of amides is 1. The Kier molecular flexibility index (Phi) is 6.55. The second-order valence-corrected chi connectivity index (χ2v) is 4.92. The Morgan fingerprint density at radius 3 is 2.59 bits per heavy atom. The van der Waals surface area contributed by atoms with Crippen molar-refractivity contribution in [3.8, 4) is 5.75 Å². The molecule has 4 heteroatoms. The van der Waals surface area contributed by atoms with Gasteiger partial charge in [-0.05, 0) is 25.0 Å².